The van der Waals surface area contributed by atoms with Crippen molar-refractivity contribution in [2.75, 3.05) is 0 Å². The van der Waals surface area contributed by atoms with E-state index in [0.717, 1.165) is 16.3 Å². The van der Waals surface area contributed by atoms with E-state index in [1.54, 1.807) is 0 Å². The molecule has 2 aromatic rings. The van der Waals surface area contributed by atoms with Gasteiger partial charge in [0.1, 0.15) is 16.0 Å². The number of nitrogens with two attached hydrogens (primary N) is 1. The number of furan rings is 1. The first-order valence-electron chi connectivity index (χ1n) is 6.15. The molecule has 0 spiro atoms. The predicted octanol–water partition coefficient (Wildman–Crippen LogP) is 1.86. The molecule has 0 saturated heterocycles. The Morgan fingerprint density at radius 1 is 1.50 bits per heavy atom. The van der Waals surface area contributed by atoms with Gasteiger partial charge < -0.3 is 19.9 Å². The third-order valence-corrected chi connectivity index (χ3v) is 4.76. The molecule has 0 bridgehead atoms. The van der Waals surface area contributed by atoms with Crippen molar-refractivity contribution in [3.63, 3.8) is 0 Å². The molecule has 6 nitrogen and oxygen atoms in total. The van der Waals surface area contributed by atoms with E-state index in [4.69, 9.17) is 10.2 Å². The first kappa shape index (κ1) is 15.4. The van der Waals surface area contributed by atoms with Crippen molar-refractivity contribution in [2.45, 2.75) is 26.8 Å². The molecule has 0 aliphatic heterocycles. The third-order valence-electron chi connectivity index (χ3n) is 2.68. The monoisotopic (exact) mass is 316 g/mol. The van der Waals surface area contributed by atoms with Gasteiger partial charge in [0.15, 0.2) is 5.76 Å². The van der Waals surface area contributed by atoms with E-state index < -0.39 is 7.60 Å². The molecule has 0 atom stereocenters. The van der Waals surface area contributed by atoms with Crippen molar-refractivity contribution in [3.8, 4) is 11.5 Å². The van der Waals surface area contributed by atoms with E-state index in [9.17, 15) is 14.4 Å². The lowest BCUT2D eigenvalue weighted by Gasteiger charge is -2.06. The molecule has 0 fully saturated rings. The van der Waals surface area contributed by atoms with Gasteiger partial charge in [-0.1, -0.05) is 13.8 Å². The molecule has 0 radical (unpaired) electrons. The standard InChI is InChI=1S/C12H17N2O4PS/c1-7(2)5-9-11(14-10(6-13)20-9)12-8(3-4-18-12)19(15,16)17/h3-4,7H,5-6,13H2,1-2H3,(H2,15,16,17). The maximum atomic E-state index is 11.5. The number of aromatic nitrogens is 1. The highest BCUT2D eigenvalue weighted by molar-refractivity contribution is 7.60. The van der Waals surface area contributed by atoms with Crippen LogP contribution in [0.15, 0.2) is 16.7 Å². The minimum atomic E-state index is -4.39. The van der Waals surface area contributed by atoms with Crippen molar-refractivity contribution in [3.05, 3.63) is 22.2 Å². The van der Waals surface area contributed by atoms with Crippen LogP contribution in [0.25, 0.3) is 11.5 Å². The first-order valence-corrected chi connectivity index (χ1v) is 8.58. The smallest absolute Gasteiger partial charge is 0.360 e. The fraction of sp³-hybridized carbons (Fsp3) is 0.417. The predicted molar refractivity (Wildman–Crippen MR) is 77.9 cm³/mol. The normalized spacial score (nSPS) is 12.3. The van der Waals surface area contributed by atoms with Crippen LogP contribution in [0.2, 0.25) is 0 Å². The van der Waals surface area contributed by atoms with Gasteiger partial charge in [-0.05, 0) is 18.4 Å². The van der Waals surface area contributed by atoms with Gasteiger partial charge in [-0.3, -0.25) is 4.57 Å². The molecule has 4 N–H and O–H groups in total. The van der Waals surface area contributed by atoms with Gasteiger partial charge in [-0.2, -0.15) is 0 Å². The molecule has 2 aromatic heterocycles. The van der Waals surface area contributed by atoms with Crippen LogP contribution in [0.5, 0.6) is 0 Å². The van der Waals surface area contributed by atoms with Gasteiger partial charge in [0, 0.05) is 11.4 Å². The van der Waals surface area contributed by atoms with Crippen molar-refractivity contribution < 1.29 is 18.8 Å². The van der Waals surface area contributed by atoms with Crippen molar-refractivity contribution >= 4 is 24.2 Å². The van der Waals surface area contributed by atoms with Crippen molar-refractivity contribution in [1.29, 1.82) is 0 Å². The maximum Gasteiger partial charge on any atom is 0.360 e. The minimum absolute atomic E-state index is 0.128. The Hall–Kier alpha value is -0.980. The summed E-state index contributed by atoms with van der Waals surface area (Å²) in [5, 5.41) is 0.597. The van der Waals surface area contributed by atoms with Crippen LogP contribution >= 0.6 is 18.9 Å². The van der Waals surface area contributed by atoms with Crippen LogP contribution in [0.3, 0.4) is 0 Å². The molecular weight excluding hydrogens is 299 g/mol. The SMILES string of the molecule is CC(C)Cc1sc(CN)nc1-c1occc1P(=O)(O)O. The lowest BCUT2D eigenvalue weighted by molar-refractivity contribution is 0.387. The van der Waals surface area contributed by atoms with E-state index in [0.29, 0.717) is 18.2 Å². The van der Waals surface area contributed by atoms with Crippen LogP contribution in [-0.4, -0.2) is 14.8 Å². The molecule has 0 aliphatic carbocycles. The lowest BCUT2D eigenvalue weighted by atomic mass is 10.1. The second-order valence-electron chi connectivity index (χ2n) is 4.86. The van der Waals surface area contributed by atoms with Crippen LogP contribution in [0.1, 0.15) is 23.7 Å². The Morgan fingerprint density at radius 2 is 2.20 bits per heavy atom. The van der Waals surface area contributed by atoms with Crippen molar-refractivity contribution in [1.82, 2.24) is 4.98 Å². The maximum absolute atomic E-state index is 11.5. The molecule has 0 saturated carbocycles. The summed E-state index contributed by atoms with van der Waals surface area (Å²) in [6.45, 7) is 4.43. The molecule has 0 unspecified atom stereocenters. The molecule has 2 heterocycles. The van der Waals surface area contributed by atoms with E-state index in [1.807, 2.05) is 0 Å². The van der Waals surface area contributed by atoms with E-state index in [2.05, 4.69) is 18.8 Å². The number of rotatable bonds is 5. The fourth-order valence-electron chi connectivity index (χ4n) is 1.88. The molecule has 110 valence electrons. The van der Waals surface area contributed by atoms with Gasteiger partial charge in [0.25, 0.3) is 0 Å². The summed E-state index contributed by atoms with van der Waals surface area (Å²) in [6, 6.07) is 1.29. The van der Waals surface area contributed by atoms with E-state index in [-0.39, 0.29) is 11.1 Å². The molecule has 20 heavy (non-hydrogen) atoms. The highest BCUT2D eigenvalue weighted by atomic mass is 32.1. The highest BCUT2D eigenvalue weighted by Crippen LogP contribution is 2.40. The topological polar surface area (TPSA) is 110 Å². The van der Waals surface area contributed by atoms with Gasteiger partial charge >= 0.3 is 7.60 Å². The zero-order valence-electron chi connectivity index (χ0n) is 11.2. The second kappa shape index (κ2) is 5.79. The van der Waals surface area contributed by atoms with Gasteiger partial charge in [-0.25, -0.2) is 4.98 Å². The van der Waals surface area contributed by atoms with E-state index in [1.165, 1.54) is 23.7 Å². The number of hydrogen-bond donors (Lipinski definition) is 3. The van der Waals surface area contributed by atoms with Crippen LogP contribution in [-0.2, 0) is 17.5 Å². The molecule has 0 aliphatic rings. The summed E-state index contributed by atoms with van der Waals surface area (Å²) in [5.41, 5.74) is 6.10. The van der Waals surface area contributed by atoms with Gasteiger partial charge in [0.05, 0.1) is 6.26 Å². The van der Waals surface area contributed by atoms with Crippen LogP contribution < -0.4 is 11.0 Å². The van der Waals surface area contributed by atoms with Crippen LogP contribution in [0, 0.1) is 5.92 Å². The summed E-state index contributed by atoms with van der Waals surface area (Å²) >= 11 is 1.46. The molecule has 2 rings (SSSR count). The largest absolute Gasteiger partial charge is 0.462 e. The molecular formula is C12H17N2O4PS. The quantitative estimate of drug-likeness (QED) is 0.726. The van der Waals surface area contributed by atoms with E-state index >= 15 is 0 Å². The van der Waals surface area contributed by atoms with Gasteiger partial charge in [0.2, 0.25) is 0 Å². The molecule has 8 heteroatoms. The van der Waals surface area contributed by atoms with Gasteiger partial charge in [-0.15, -0.1) is 11.3 Å². The number of thiazole rings is 1. The Bertz CT molecular complexity index is 644. The third kappa shape index (κ3) is 3.19. The number of hydrogen-bond acceptors (Lipinski definition) is 5. The molecule has 0 amide bonds. The Labute approximate surface area is 120 Å². The number of nitrogens with zero attached hydrogens (tertiary/aromatic N) is 1. The summed E-state index contributed by atoms with van der Waals surface area (Å²) in [4.78, 5) is 24.0. The molecule has 0 aromatic carbocycles. The van der Waals surface area contributed by atoms with Crippen LogP contribution in [0.4, 0.5) is 0 Å². The average molecular weight is 316 g/mol. The summed E-state index contributed by atoms with van der Waals surface area (Å²) < 4.78 is 16.8. The summed E-state index contributed by atoms with van der Waals surface area (Å²) in [5.74, 6) is 0.540. The Balaban J connectivity index is 2.55. The fourth-order valence-corrected chi connectivity index (χ4v) is 3.72. The Morgan fingerprint density at radius 3 is 2.75 bits per heavy atom. The first-order chi connectivity index (χ1) is 9.32. The average Bonchev–Trinajstić information content (AvgIpc) is 2.92. The highest BCUT2D eigenvalue weighted by Gasteiger charge is 2.28. The lowest BCUT2D eigenvalue weighted by Crippen LogP contribution is -2.05. The van der Waals surface area contributed by atoms with Crippen molar-refractivity contribution in [2.24, 2.45) is 11.7 Å². The minimum Gasteiger partial charge on any atom is -0.462 e. The summed E-state index contributed by atoms with van der Waals surface area (Å²) in [7, 11) is -4.39. The zero-order chi connectivity index (χ0) is 14.9. The second-order valence-corrected chi connectivity index (χ2v) is 7.60. The zero-order valence-corrected chi connectivity index (χ0v) is 12.9. The Kier molecular flexibility index (Phi) is 4.46. The summed E-state index contributed by atoms with van der Waals surface area (Å²) in [6.07, 6.45) is 2.03.